The lowest BCUT2D eigenvalue weighted by molar-refractivity contribution is -0.132. The van der Waals surface area contributed by atoms with Gasteiger partial charge in [-0.3, -0.25) is 0 Å². The van der Waals surface area contributed by atoms with E-state index in [1.54, 1.807) is 13.0 Å². The first kappa shape index (κ1) is 12.7. The lowest BCUT2D eigenvalue weighted by atomic mass is 9.81. The van der Waals surface area contributed by atoms with E-state index in [1.165, 1.54) is 0 Å². The number of carbonyl (C=O) groups is 1. The van der Waals surface area contributed by atoms with Crippen LogP contribution in [0.3, 0.4) is 0 Å². The van der Waals surface area contributed by atoms with Crippen LogP contribution in [-0.4, -0.2) is 23.2 Å². The third kappa shape index (κ3) is 3.04. The number of carbonyl (C=O) groups excluding carboxylic acids is 1. The highest BCUT2D eigenvalue weighted by atomic mass is 16.4. The zero-order valence-corrected chi connectivity index (χ0v) is 9.69. The molecule has 0 amide bonds. The van der Waals surface area contributed by atoms with Crippen LogP contribution in [0.2, 0.25) is 0 Å². The largest absolute Gasteiger partial charge is 0.478 e. The molecule has 0 bridgehead atoms. The average Bonchev–Trinajstić information content (AvgIpc) is 2.28. The molecule has 4 heteroatoms. The SMILES string of the molecule is C/C(C(=O)O)=C(/C)C1CCC(N=C=O)CC1. The summed E-state index contributed by atoms with van der Waals surface area (Å²) in [5.41, 5.74) is 1.41. The van der Waals surface area contributed by atoms with E-state index in [1.807, 2.05) is 6.92 Å². The predicted octanol–water partition coefficient (Wildman–Crippen LogP) is 2.30. The molecule has 0 radical (unpaired) electrons. The summed E-state index contributed by atoms with van der Waals surface area (Å²) in [6.07, 6.45) is 5.11. The lowest BCUT2D eigenvalue weighted by Crippen LogP contribution is -2.19. The van der Waals surface area contributed by atoms with Crippen LogP contribution in [0.15, 0.2) is 16.1 Å². The van der Waals surface area contributed by atoms with E-state index in [0.29, 0.717) is 11.5 Å². The number of hydrogen-bond donors (Lipinski definition) is 1. The van der Waals surface area contributed by atoms with Gasteiger partial charge >= 0.3 is 5.97 Å². The minimum atomic E-state index is -0.842. The van der Waals surface area contributed by atoms with Crippen LogP contribution >= 0.6 is 0 Å². The number of rotatable bonds is 3. The third-order valence-corrected chi connectivity index (χ3v) is 3.46. The molecular weight excluding hydrogens is 206 g/mol. The highest BCUT2D eigenvalue weighted by molar-refractivity contribution is 5.86. The molecular formula is C12H17NO3. The molecule has 1 saturated carbocycles. The van der Waals surface area contributed by atoms with Crippen molar-refractivity contribution in [2.45, 2.75) is 45.6 Å². The zero-order chi connectivity index (χ0) is 12.1. The fourth-order valence-electron chi connectivity index (χ4n) is 2.19. The second-order valence-electron chi connectivity index (χ2n) is 4.34. The number of carboxylic acids is 1. The quantitative estimate of drug-likeness (QED) is 0.453. The summed E-state index contributed by atoms with van der Waals surface area (Å²) < 4.78 is 0. The van der Waals surface area contributed by atoms with Crippen LogP contribution in [0.5, 0.6) is 0 Å². The van der Waals surface area contributed by atoms with Gasteiger partial charge in [0.1, 0.15) is 0 Å². The Hall–Kier alpha value is -1.41. The van der Waals surface area contributed by atoms with Crippen LogP contribution in [0.25, 0.3) is 0 Å². The summed E-state index contributed by atoms with van der Waals surface area (Å²) >= 11 is 0. The van der Waals surface area contributed by atoms with Crippen molar-refractivity contribution < 1.29 is 14.7 Å². The van der Waals surface area contributed by atoms with Gasteiger partial charge < -0.3 is 5.11 Å². The van der Waals surface area contributed by atoms with Gasteiger partial charge in [-0.25, -0.2) is 14.6 Å². The number of allylic oxidation sites excluding steroid dienone is 1. The third-order valence-electron chi connectivity index (χ3n) is 3.46. The molecule has 0 heterocycles. The summed E-state index contributed by atoms with van der Waals surface area (Å²) in [5.74, 6) is -0.514. The molecule has 0 aromatic rings. The maximum absolute atomic E-state index is 10.8. The van der Waals surface area contributed by atoms with Crippen molar-refractivity contribution in [2.24, 2.45) is 10.9 Å². The predicted molar refractivity (Wildman–Crippen MR) is 59.9 cm³/mol. The van der Waals surface area contributed by atoms with Gasteiger partial charge in [0.2, 0.25) is 6.08 Å². The Morgan fingerprint density at radius 3 is 2.25 bits per heavy atom. The molecule has 0 spiro atoms. The topological polar surface area (TPSA) is 66.7 Å². The van der Waals surface area contributed by atoms with E-state index in [2.05, 4.69) is 4.99 Å². The van der Waals surface area contributed by atoms with Gasteiger partial charge in [0.15, 0.2) is 0 Å². The van der Waals surface area contributed by atoms with Crippen molar-refractivity contribution >= 4 is 12.0 Å². The minimum Gasteiger partial charge on any atom is -0.478 e. The maximum atomic E-state index is 10.8. The Labute approximate surface area is 95.1 Å². The highest BCUT2D eigenvalue weighted by Gasteiger charge is 2.23. The number of aliphatic carboxylic acids is 1. The second-order valence-corrected chi connectivity index (χ2v) is 4.34. The molecule has 0 saturated heterocycles. The molecule has 1 rings (SSSR count). The van der Waals surface area contributed by atoms with Crippen molar-refractivity contribution in [1.29, 1.82) is 0 Å². The van der Waals surface area contributed by atoms with Crippen molar-refractivity contribution in [1.82, 2.24) is 0 Å². The molecule has 1 fully saturated rings. The van der Waals surface area contributed by atoms with Gasteiger partial charge in [0, 0.05) is 5.57 Å². The summed E-state index contributed by atoms with van der Waals surface area (Å²) in [7, 11) is 0. The van der Waals surface area contributed by atoms with E-state index < -0.39 is 5.97 Å². The van der Waals surface area contributed by atoms with Crippen LogP contribution in [0.1, 0.15) is 39.5 Å². The Balaban J connectivity index is 2.63. The molecule has 4 nitrogen and oxygen atoms in total. The van der Waals surface area contributed by atoms with Crippen molar-refractivity contribution in [3.63, 3.8) is 0 Å². The Morgan fingerprint density at radius 2 is 1.81 bits per heavy atom. The molecule has 0 aliphatic heterocycles. The van der Waals surface area contributed by atoms with E-state index in [0.717, 1.165) is 31.3 Å². The molecule has 1 aliphatic carbocycles. The molecule has 0 aromatic heterocycles. The van der Waals surface area contributed by atoms with Gasteiger partial charge in [-0.05, 0) is 45.4 Å². The molecule has 1 aliphatic rings. The molecule has 1 N–H and O–H groups in total. The fourth-order valence-corrected chi connectivity index (χ4v) is 2.19. The average molecular weight is 223 g/mol. The highest BCUT2D eigenvalue weighted by Crippen LogP contribution is 2.32. The number of aliphatic imine (C=N–C) groups is 1. The van der Waals surface area contributed by atoms with Gasteiger partial charge in [-0.2, -0.15) is 0 Å². The summed E-state index contributed by atoms with van der Waals surface area (Å²) in [5, 5.41) is 8.89. The van der Waals surface area contributed by atoms with Gasteiger partial charge in [0.05, 0.1) is 6.04 Å². The smallest absolute Gasteiger partial charge is 0.331 e. The van der Waals surface area contributed by atoms with E-state index in [-0.39, 0.29) is 6.04 Å². The van der Waals surface area contributed by atoms with E-state index in [9.17, 15) is 9.59 Å². The summed E-state index contributed by atoms with van der Waals surface area (Å²) in [4.78, 5) is 24.6. The molecule has 0 unspecified atom stereocenters. The van der Waals surface area contributed by atoms with Crippen molar-refractivity contribution in [2.75, 3.05) is 0 Å². The first-order chi connectivity index (χ1) is 7.56. The molecule has 0 aromatic carbocycles. The van der Waals surface area contributed by atoms with Gasteiger partial charge in [0.25, 0.3) is 0 Å². The Kier molecular flexibility index (Phi) is 4.44. The maximum Gasteiger partial charge on any atom is 0.331 e. The monoisotopic (exact) mass is 223 g/mol. The van der Waals surface area contributed by atoms with Crippen LogP contribution in [0.4, 0.5) is 0 Å². The van der Waals surface area contributed by atoms with E-state index >= 15 is 0 Å². The zero-order valence-electron chi connectivity index (χ0n) is 9.69. The summed E-state index contributed by atoms with van der Waals surface area (Å²) in [6.45, 7) is 3.53. The molecule has 16 heavy (non-hydrogen) atoms. The standard InChI is InChI=1S/C12H17NO3/c1-8(9(2)12(15)16)10-3-5-11(6-4-10)13-7-14/h10-11H,3-6H2,1-2H3,(H,15,16)/b9-8+. The van der Waals surface area contributed by atoms with E-state index in [4.69, 9.17) is 5.11 Å². The minimum absolute atomic E-state index is 0.0895. The lowest BCUT2D eigenvalue weighted by Gasteiger charge is -2.26. The van der Waals surface area contributed by atoms with Gasteiger partial charge in [-0.15, -0.1) is 0 Å². The number of carboxylic acid groups (broad SMARTS) is 1. The number of isocyanates is 1. The number of hydrogen-bond acceptors (Lipinski definition) is 3. The summed E-state index contributed by atoms with van der Waals surface area (Å²) in [6, 6.07) is 0.0895. The first-order valence-corrected chi connectivity index (χ1v) is 5.54. The normalized spacial score (nSPS) is 26.6. The molecule has 0 atom stereocenters. The fraction of sp³-hybridized carbons (Fsp3) is 0.667. The van der Waals surface area contributed by atoms with Crippen molar-refractivity contribution in [3.8, 4) is 0 Å². The Bertz CT molecular complexity index is 345. The first-order valence-electron chi connectivity index (χ1n) is 5.54. The Morgan fingerprint density at radius 1 is 1.25 bits per heavy atom. The van der Waals surface area contributed by atoms with Gasteiger partial charge in [-0.1, -0.05) is 5.57 Å². The van der Waals surface area contributed by atoms with Crippen LogP contribution in [0, 0.1) is 5.92 Å². The second kappa shape index (κ2) is 5.61. The van der Waals surface area contributed by atoms with Crippen LogP contribution in [-0.2, 0) is 9.59 Å². The van der Waals surface area contributed by atoms with Crippen LogP contribution < -0.4 is 0 Å². The number of nitrogens with zero attached hydrogens (tertiary/aromatic N) is 1. The van der Waals surface area contributed by atoms with Crippen molar-refractivity contribution in [3.05, 3.63) is 11.1 Å². The molecule has 88 valence electrons.